The van der Waals surface area contributed by atoms with Crippen molar-refractivity contribution in [2.45, 2.75) is 6.54 Å². The average molecular weight is 294 g/mol. The van der Waals surface area contributed by atoms with Crippen LogP contribution in [-0.2, 0) is 11.3 Å². The summed E-state index contributed by atoms with van der Waals surface area (Å²) in [6.45, 7) is 0.381. The van der Waals surface area contributed by atoms with Gasteiger partial charge in [-0.25, -0.2) is 9.18 Å². The van der Waals surface area contributed by atoms with Gasteiger partial charge in [-0.2, -0.15) is 0 Å². The maximum atomic E-state index is 13.3. The normalized spacial score (nSPS) is 10.2. The van der Waals surface area contributed by atoms with Crippen molar-refractivity contribution in [3.8, 4) is 0 Å². The number of esters is 1. The number of benzene rings is 2. The van der Waals surface area contributed by atoms with Gasteiger partial charge in [-0.15, -0.1) is 0 Å². The fraction of sp³-hybridized carbons (Fsp3) is 0.133. The second-order valence-electron chi connectivity index (χ2n) is 4.13. The molecule has 0 radical (unpaired) electrons. The largest absolute Gasteiger partial charge is 0.465 e. The first-order valence-corrected chi connectivity index (χ1v) is 6.34. The molecule has 0 atom stereocenters. The molecule has 0 amide bonds. The van der Waals surface area contributed by atoms with Gasteiger partial charge >= 0.3 is 5.97 Å². The molecule has 0 spiro atoms. The van der Waals surface area contributed by atoms with Crippen molar-refractivity contribution in [2.75, 3.05) is 12.4 Å². The van der Waals surface area contributed by atoms with E-state index in [1.54, 1.807) is 18.2 Å². The van der Waals surface area contributed by atoms with Gasteiger partial charge in [0.15, 0.2) is 0 Å². The van der Waals surface area contributed by atoms with Gasteiger partial charge in [0.2, 0.25) is 0 Å². The number of methoxy groups -OCH3 is 1. The van der Waals surface area contributed by atoms with Gasteiger partial charge in [-0.3, -0.25) is 0 Å². The number of halogens is 2. The summed E-state index contributed by atoms with van der Waals surface area (Å²) in [5.74, 6) is -0.886. The van der Waals surface area contributed by atoms with E-state index in [9.17, 15) is 9.18 Å². The molecule has 20 heavy (non-hydrogen) atoms. The quantitative estimate of drug-likeness (QED) is 0.870. The van der Waals surface area contributed by atoms with Gasteiger partial charge in [0, 0.05) is 12.2 Å². The lowest BCUT2D eigenvalue weighted by molar-refractivity contribution is 0.0599. The third kappa shape index (κ3) is 3.27. The molecule has 0 aliphatic carbocycles. The predicted molar refractivity (Wildman–Crippen MR) is 76.5 cm³/mol. The molecule has 2 rings (SSSR count). The lowest BCUT2D eigenvalue weighted by Crippen LogP contribution is -2.09. The molecular weight excluding hydrogens is 281 g/mol. The van der Waals surface area contributed by atoms with Gasteiger partial charge in [0.1, 0.15) is 5.82 Å². The van der Waals surface area contributed by atoms with E-state index in [1.807, 2.05) is 12.1 Å². The summed E-state index contributed by atoms with van der Waals surface area (Å²) in [6.07, 6.45) is 0. The highest BCUT2D eigenvalue weighted by Gasteiger charge is 2.10. The maximum absolute atomic E-state index is 13.3. The van der Waals surface area contributed by atoms with Crippen molar-refractivity contribution in [3.63, 3.8) is 0 Å². The predicted octanol–water partition coefficient (Wildman–Crippen LogP) is 3.88. The van der Waals surface area contributed by atoms with Crippen molar-refractivity contribution < 1.29 is 13.9 Å². The highest BCUT2D eigenvalue weighted by Crippen LogP contribution is 2.20. The van der Waals surface area contributed by atoms with Crippen molar-refractivity contribution >= 4 is 23.3 Å². The SMILES string of the molecule is COC(=O)c1ccccc1CNc1ccc(Cl)c(F)c1. The van der Waals surface area contributed by atoms with Crippen LogP contribution in [0.4, 0.5) is 10.1 Å². The zero-order valence-corrected chi connectivity index (χ0v) is 11.6. The van der Waals surface area contributed by atoms with Crippen LogP contribution in [-0.4, -0.2) is 13.1 Å². The van der Waals surface area contributed by atoms with E-state index in [4.69, 9.17) is 16.3 Å². The average Bonchev–Trinajstić information content (AvgIpc) is 2.48. The van der Waals surface area contributed by atoms with Crippen LogP contribution in [0.3, 0.4) is 0 Å². The third-order valence-electron chi connectivity index (χ3n) is 2.83. The molecule has 0 fully saturated rings. The second-order valence-corrected chi connectivity index (χ2v) is 4.54. The highest BCUT2D eigenvalue weighted by atomic mass is 35.5. The number of hydrogen-bond acceptors (Lipinski definition) is 3. The highest BCUT2D eigenvalue weighted by molar-refractivity contribution is 6.30. The molecule has 0 saturated carbocycles. The topological polar surface area (TPSA) is 38.3 Å². The number of ether oxygens (including phenoxy) is 1. The van der Waals surface area contributed by atoms with Crippen LogP contribution >= 0.6 is 11.6 Å². The molecule has 0 unspecified atom stereocenters. The molecule has 0 aliphatic rings. The molecule has 5 heteroatoms. The Bertz CT molecular complexity index is 631. The van der Waals surface area contributed by atoms with E-state index in [-0.39, 0.29) is 5.02 Å². The van der Waals surface area contributed by atoms with Gasteiger partial charge in [-0.05, 0) is 29.8 Å². The summed E-state index contributed by atoms with van der Waals surface area (Å²) in [6, 6.07) is 11.5. The molecule has 0 bridgehead atoms. The Hall–Kier alpha value is -2.07. The number of anilines is 1. The van der Waals surface area contributed by atoms with E-state index in [0.29, 0.717) is 17.8 Å². The third-order valence-corrected chi connectivity index (χ3v) is 3.13. The summed E-state index contributed by atoms with van der Waals surface area (Å²) >= 11 is 5.62. The summed E-state index contributed by atoms with van der Waals surface area (Å²) < 4.78 is 18.0. The van der Waals surface area contributed by atoms with E-state index < -0.39 is 11.8 Å². The van der Waals surface area contributed by atoms with Crippen LogP contribution in [0.2, 0.25) is 5.02 Å². The van der Waals surface area contributed by atoms with Crippen LogP contribution < -0.4 is 5.32 Å². The molecule has 0 saturated heterocycles. The summed E-state index contributed by atoms with van der Waals surface area (Å²) in [4.78, 5) is 11.6. The molecular formula is C15H13ClFNO2. The molecule has 104 valence electrons. The molecule has 3 nitrogen and oxygen atoms in total. The number of nitrogens with one attached hydrogen (secondary N) is 1. The second kappa shape index (κ2) is 6.39. The van der Waals surface area contributed by atoms with Crippen LogP contribution in [0.15, 0.2) is 42.5 Å². The summed E-state index contributed by atoms with van der Waals surface area (Å²) in [5.41, 5.74) is 1.85. The van der Waals surface area contributed by atoms with E-state index in [0.717, 1.165) is 5.56 Å². The van der Waals surface area contributed by atoms with Crippen LogP contribution in [0, 0.1) is 5.82 Å². The minimum absolute atomic E-state index is 0.0745. The molecule has 0 aromatic heterocycles. The molecule has 2 aromatic carbocycles. The Morgan fingerprint density at radius 1 is 1.30 bits per heavy atom. The van der Waals surface area contributed by atoms with E-state index >= 15 is 0 Å². The first-order chi connectivity index (χ1) is 9.61. The summed E-state index contributed by atoms with van der Waals surface area (Å²) in [5, 5.41) is 3.12. The van der Waals surface area contributed by atoms with Crippen molar-refractivity contribution in [1.29, 1.82) is 0 Å². The fourth-order valence-corrected chi connectivity index (χ4v) is 1.90. The first-order valence-electron chi connectivity index (χ1n) is 5.97. The number of hydrogen-bond donors (Lipinski definition) is 1. The summed E-state index contributed by atoms with van der Waals surface area (Å²) in [7, 11) is 1.33. The van der Waals surface area contributed by atoms with Crippen LogP contribution in [0.1, 0.15) is 15.9 Å². The van der Waals surface area contributed by atoms with Gasteiger partial charge in [-0.1, -0.05) is 29.8 Å². The lowest BCUT2D eigenvalue weighted by atomic mass is 10.1. The van der Waals surface area contributed by atoms with Crippen molar-refractivity contribution in [1.82, 2.24) is 0 Å². The first kappa shape index (κ1) is 14.3. The fourth-order valence-electron chi connectivity index (χ4n) is 1.79. The molecule has 1 N–H and O–H groups in total. The maximum Gasteiger partial charge on any atom is 0.338 e. The lowest BCUT2D eigenvalue weighted by Gasteiger charge is -2.10. The van der Waals surface area contributed by atoms with Crippen molar-refractivity contribution in [2.24, 2.45) is 0 Å². The Kier molecular flexibility index (Phi) is 4.58. The number of carbonyl (C=O) groups excluding carboxylic acids is 1. The Morgan fingerprint density at radius 2 is 2.05 bits per heavy atom. The van der Waals surface area contributed by atoms with Crippen LogP contribution in [0.5, 0.6) is 0 Å². The van der Waals surface area contributed by atoms with Crippen molar-refractivity contribution in [3.05, 3.63) is 64.4 Å². The zero-order valence-electron chi connectivity index (χ0n) is 10.8. The smallest absolute Gasteiger partial charge is 0.338 e. The van der Waals surface area contributed by atoms with E-state index in [1.165, 1.54) is 19.2 Å². The monoisotopic (exact) mass is 293 g/mol. The minimum Gasteiger partial charge on any atom is -0.465 e. The minimum atomic E-state index is -0.488. The Labute approximate surface area is 121 Å². The Morgan fingerprint density at radius 3 is 2.75 bits per heavy atom. The Balaban J connectivity index is 2.14. The standard InChI is InChI=1S/C15H13ClFNO2/c1-20-15(19)12-5-3-2-4-10(12)9-18-11-6-7-13(16)14(17)8-11/h2-8,18H,9H2,1H3. The van der Waals surface area contributed by atoms with E-state index in [2.05, 4.69) is 5.32 Å². The molecule has 0 heterocycles. The zero-order chi connectivity index (χ0) is 14.5. The number of rotatable bonds is 4. The number of carbonyl (C=O) groups is 1. The van der Waals surface area contributed by atoms with Gasteiger partial charge in [0.25, 0.3) is 0 Å². The van der Waals surface area contributed by atoms with Gasteiger partial charge in [0.05, 0.1) is 17.7 Å². The molecule has 2 aromatic rings. The van der Waals surface area contributed by atoms with Gasteiger partial charge < -0.3 is 10.1 Å². The van der Waals surface area contributed by atoms with Crippen LogP contribution in [0.25, 0.3) is 0 Å². The molecule has 0 aliphatic heterocycles.